The average Bonchev–Trinajstić information content (AvgIpc) is 2.73. The number of primary sulfonamides is 1. The Bertz CT molecular complexity index is 692. The molecule has 0 bridgehead atoms. The minimum absolute atomic E-state index is 0.129. The molecule has 0 radical (unpaired) electrons. The minimum atomic E-state index is -3.62. The van der Waals surface area contributed by atoms with Gasteiger partial charge in [-0.3, -0.25) is 0 Å². The Morgan fingerprint density at radius 2 is 1.86 bits per heavy atom. The second-order valence-electron chi connectivity index (χ2n) is 4.45. The molecule has 0 atom stereocenters. The van der Waals surface area contributed by atoms with Gasteiger partial charge >= 0.3 is 0 Å². The van der Waals surface area contributed by atoms with E-state index in [1.165, 1.54) is 12.1 Å². The smallest absolute Gasteiger partial charge is 0.238 e. The zero-order valence-electron chi connectivity index (χ0n) is 11.0. The molecule has 8 heteroatoms. The lowest BCUT2D eigenvalue weighted by Crippen LogP contribution is -2.16. The predicted molar refractivity (Wildman–Crippen MR) is 87.3 cm³/mol. The van der Waals surface area contributed by atoms with Gasteiger partial charge in [0.1, 0.15) is 5.76 Å². The van der Waals surface area contributed by atoms with Crippen LogP contribution in [0.25, 0.3) is 0 Å². The van der Waals surface area contributed by atoms with E-state index in [1.807, 2.05) is 6.07 Å². The molecule has 1 aromatic carbocycles. The third-order valence-electron chi connectivity index (χ3n) is 2.84. The molecule has 1 aromatic heterocycles. The molecule has 0 fully saturated rings. The van der Waals surface area contributed by atoms with Crippen LogP contribution < -0.4 is 10.5 Å². The Labute approximate surface area is 140 Å². The van der Waals surface area contributed by atoms with Crippen LogP contribution in [0.4, 0.5) is 0 Å². The summed E-state index contributed by atoms with van der Waals surface area (Å²) in [6.07, 6.45) is 0.786. The number of hydrogen-bond acceptors (Lipinski definition) is 4. The fourth-order valence-electron chi connectivity index (χ4n) is 1.77. The highest BCUT2D eigenvalue weighted by Gasteiger charge is 2.07. The molecule has 2 aromatic rings. The summed E-state index contributed by atoms with van der Waals surface area (Å²) in [7, 11) is -3.62. The van der Waals surface area contributed by atoms with Gasteiger partial charge in [0, 0.05) is 0 Å². The van der Waals surface area contributed by atoms with Crippen LogP contribution >= 0.6 is 31.9 Å². The molecule has 0 amide bonds. The Morgan fingerprint density at radius 1 is 1.19 bits per heavy atom. The second-order valence-corrected chi connectivity index (χ2v) is 7.59. The summed E-state index contributed by atoms with van der Waals surface area (Å²) >= 11 is 6.64. The van der Waals surface area contributed by atoms with Crippen molar-refractivity contribution < 1.29 is 12.8 Å². The molecule has 0 unspecified atom stereocenters. The van der Waals surface area contributed by atoms with Gasteiger partial charge in [0.05, 0.1) is 15.9 Å². The molecular formula is C13H14Br2N2O3S. The molecule has 0 saturated carbocycles. The second kappa shape index (κ2) is 7.06. The number of furan rings is 1. The van der Waals surface area contributed by atoms with Gasteiger partial charge in [0.2, 0.25) is 10.0 Å². The molecule has 2 rings (SSSR count). The third-order valence-corrected chi connectivity index (χ3v) is 5.48. The number of nitrogens with two attached hydrogens (primary N) is 1. The van der Waals surface area contributed by atoms with E-state index < -0.39 is 10.0 Å². The zero-order chi connectivity index (χ0) is 15.5. The monoisotopic (exact) mass is 436 g/mol. The lowest BCUT2D eigenvalue weighted by atomic mass is 10.1. The molecule has 0 saturated heterocycles. The molecule has 114 valence electrons. The van der Waals surface area contributed by atoms with E-state index in [9.17, 15) is 8.42 Å². The van der Waals surface area contributed by atoms with Gasteiger partial charge in [-0.15, -0.1) is 0 Å². The van der Waals surface area contributed by atoms with Crippen LogP contribution in [-0.2, 0) is 23.0 Å². The first-order chi connectivity index (χ1) is 9.86. The molecule has 5 nitrogen and oxygen atoms in total. The molecular weight excluding hydrogens is 424 g/mol. The SMILES string of the molecule is NS(=O)(=O)c1ccc(CCNCc2cc(Br)c(Br)o2)cc1. The first-order valence-corrected chi connectivity index (χ1v) is 9.25. The van der Waals surface area contributed by atoms with Crippen molar-refractivity contribution in [2.75, 3.05) is 6.54 Å². The number of hydrogen-bond donors (Lipinski definition) is 2. The van der Waals surface area contributed by atoms with Gasteiger partial charge < -0.3 is 9.73 Å². The van der Waals surface area contributed by atoms with Gasteiger partial charge in [-0.1, -0.05) is 12.1 Å². The van der Waals surface area contributed by atoms with Crippen LogP contribution in [-0.4, -0.2) is 15.0 Å². The van der Waals surface area contributed by atoms with Crippen molar-refractivity contribution in [1.29, 1.82) is 0 Å². The summed E-state index contributed by atoms with van der Waals surface area (Å²) in [5.41, 5.74) is 1.04. The number of sulfonamides is 1. The van der Waals surface area contributed by atoms with E-state index in [1.54, 1.807) is 12.1 Å². The Hall–Kier alpha value is -0.670. The van der Waals surface area contributed by atoms with Crippen LogP contribution in [0.15, 0.2) is 48.8 Å². The molecule has 21 heavy (non-hydrogen) atoms. The van der Waals surface area contributed by atoms with Crippen molar-refractivity contribution >= 4 is 41.9 Å². The number of rotatable bonds is 6. The van der Waals surface area contributed by atoms with Gasteiger partial charge in [0.25, 0.3) is 0 Å². The van der Waals surface area contributed by atoms with Crippen molar-refractivity contribution in [2.45, 2.75) is 17.9 Å². The predicted octanol–water partition coefficient (Wildman–Crippen LogP) is 2.78. The van der Waals surface area contributed by atoms with Crippen LogP contribution in [0.5, 0.6) is 0 Å². The molecule has 0 aliphatic carbocycles. The van der Waals surface area contributed by atoms with Crippen LogP contribution in [0, 0.1) is 0 Å². The topological polar surface area (TPSA) is 85.3 Å². The first-order valence-electron chi connectivity index (χ1n) is 6.12. The highest BCUT2D eigenvalue weighted by molar-refractivity contribution is 9.13. The lowest BCUT2D eigenvalue weighted by Gasteiger charge is -2.04. The maximum absolute atomic E-state index is 11.1. The summed E-state index contributed by atoms with van der Waals surface area (Å²) in [5.74, 6) is 0.832. The standard InChI is InChI=1S/C13H14Br2N2O3S/c14-12-7-10(20-13(12)15)8-17-6-5-9-1-3-11(4-2-9)21(16,18)19/h1-4,7,17H,5-6,8H2,(H2,16,18,19). The van der Waals surface area contributed by atoms with E-state index in [0.29, 0.717) is 11.2 Å². The Morgan fingerprint density at radius 3 is 2.38 bits per heavy atom. The number of benzene rings is 1. The van der Waals surface area contributed by atoms with Gasteiger partial charge in [-0.2, -0.15) is 0 Å². The van der Waals surface area contributed by atoms with Crippen molar-refractivity contribution in [3.8, 4) is 0 Å². The van der Waals surface area contributed by atoms with Crippen molar-refractivity contribution in [3.05, 3.63) is 50.8 Å². The van der Waals surface area contributed by atoms with Crippen molar-refractivity contribution in [3.63, 3.8) is 0 Å². The summed E-state index contributed by atoms with van der Waals surface area (Å²) in [6, 6.07) is 8.47. The Balaban J connectivity index is 1.81. The largest absolute Gasteiger partial charge is 0.452 e. The minimum Gasteiger partial charge on any atom is -0.452 e. The third kappa shape index (κ3) is 4.93. The van der Waals surface area contributed by atoms with Crippen molar-refractivity contribution in [2.24, 2.45) is 5.14 Å². The number of nitrogens with one attached hydrogen (secondary N) is 1. The zero-order valence-corrected chi connectivity index (χ0v) is 15.0. The van der Waals surface area contributed by atoms with Gasteiger partial charge in [-0.25, -0.2) is 13.6 Å². The summed E-state index contributed by atoms with van der Waals surface area (Å²) in [4.78, 5) is 0.129. The van der Waals surface area contributed by atoms with E-state index in [2.05, 4.69) is 37.2 Å². The molecule has 0 aliphatic rings. The highest BCUT2D eigenvalue weighted by Crippen LogP contribution is 2.26. The summed E-state index contributed by atoms with van der Waals surface area (Å²) in [6.45, 7) is 1.38. The summed E-state index contributed by atoms with van der Waals surface area (Å²) in [5, 5.41) is 8.31. The van der Waals surface area contributed by atoms with E-state index in [0.717, 1.165) is 28.8 Å². The molecule has 0 aliphatic heterocycles. The highest BCUT2D eigenvalue weighted by atomic mass is 79.9. The average molecular weight is 438 g/mol. The quantitative estimate of drug-likeness (QED) is 0.680. The van der Waals surface area contributed by atoms with Crippen molar-refractivity contribution in [1.82, 2.24) is 5.32 Å². The van der Waals surface area contributed by atoms with Crippen LogP contribution in [0.2, 0.25) is 0 Å². The van der Waals surface area contributed by atoms with Gasteiger partial charge in [0.15, 0.2) is 4.67 Å². The fourth-order valence-corrected chi connectivity index (χ4v) is 2.94. The molecule has 1 heterocycles. The van der Waals surface area contributed by atoms with Crippen LogP contribution in [0.1, 0.15) is 11.3 Å². The lowest BCUT2D eigenvalue weighted by molar-refractivity contribution is 0.465. The Kier molecular flexibility index (Phi) is 5.61. The maximum Gasteiger partial charge on any atom is 0.238 e. The van der Waals surface area contributed by atoms with Gasteiger partial charge in [-0.05, 0) is 68.6 Å². The molecule has 0 spiro atoms. The fraction of sp³-hybridized carbons (Fsp3) is 0.231. The van der Waals surface area contributed by atoms with E-state index in [4.69, 9.17) is 9.56 Å². The van der Waals surface area contributed by atoms with Crippen LogP contribution in [0.3, 0.4) is 0 Å². The number of halogens is 2. The van der Waals surface area contributed by atoms with E-state index >= 15 is 0 Å². The first kappa shape index (κ1) is 16.7. The molecule has 3 N–H and O–H groups in total. The maximum atomic E-state index is 11.1. The summed E-state index contributed by atoms with van der Waals surface area (Å²) < 4.78 is 29.3. The normalized spacial score (nSPS) is 11.8. The van der Waals surface area contributed by atoms with E-state index in [-0.39, 0.29) is 4.90 Å².